The van der Waals surface area contributed by atoms with Gasteiger partial charge in [0.15, 0.2) is 0 Å². The lowest BCUT2D eigenvalue weighted by atomic mass is 9.86. The van der Waals surface area contributed by atoms with Gasteiger partial charge in [0.25, 0.3) is 0 Å². The summed E-state index contributed by atoms with van der Waals surface area (Å²) in [6.45, 7) is 16.7. The topological polar surface area (TPSA) is 15.3 Å². The summed E-state index contributed by atoms with van der Waals surface area (Å²) in [5, 5.41) is 3.84. The van der Waals surface area contributed by atoms with Gasteiger partial charge in [-0.25, -0.2) is 0 Å². The minimum Gasteiger partial charge on any atom is -0.312 e. The Morgan fingerprint density at radius 2 is 1.48 bits per heavy atom. The van der Waals surface area contributed by atoms with Crippen molar-refractivity contribution in [2.45, 2.75) is 79.2 Å². The third-order valence-corrected chi connectivity index (χ3v) is 4.99. The molecule has 0 heterocycles. The zero-order chi connectivity index (χ0) is 15.7. The fourth-order valence-electron chi connectivity index (χ4n) is 3.24. The first-order valence-corrected chi connectivity index (χ1v) is 9.44. The highest BCUT2D eigenvalue weighted by Crippen LogP contribution is 2.23. The summed E-state index contributed by atoms with van der Waals surface area (Å²) in [5.74, 6) is 2.51. The number of nitrogens with zero attached hydrogens (tertiary/aromatic N) is 1. The van der Waals surface area contributed by atoms with Crippen LogP contribution in [0.3, 0.4) is 0 Å². The molecule has 0 aliphatic heterocycles. The van der Waals surface area contributed by atoms with Crippen LogP contribution in [0.15, 0.2) is 0 Å². The normalized spacial score (nSPS) is 23.4. The molecule has 0 radical (unpaired) electrons. The molecule has 1 aliphatic rings. The molecule has 0 amide bonds. The van der Waals surface area contributed by atoms with E-state index in [-0.39, 0.29) is 0 Å². The van der Waals surface area contributed by atoms with Crippen LogP contribution >= 0.6 is 0 Å². The molecule has 2 heteroatoms. The van der Waals surface area contributed by atoms with E-state index in [1.807, 2.05) is 0 Å². The number of rotatable bonds is 10. The molecule has 1 N–H and O–H groups in total. The Kier molecular flexibility index (Phi) is 9.59. The van der Waals surface area contributed by atoms with Gasteiger partial charge in [0.1, 0.15) is 0 Å². The summed E-state index contributed by atoms with van der Waals surface area (Å²) in [6, 6.07) is 0.774. The highest BCUT2D eigenvalue weighted by atomic mass is 15.1. The lowest BCUT2D eigenvalue weighted by Gasteiger charge is -2.31. The summed E-state index contributed by atoms with van der Waals surface area (Å²) in [7, 11) is 0. The molecule has 1 fully saturated rings. The van der Waals surface area contributed by atoms with Crippen molar-refractivity contribution < 1.29 is 0 Å². The van der Waals surface area contributed by atoms with Gasteiger partial charge in [-0.2, -0.15) is 0 Å². The molecule has 1 aliphatic carbocycles. The zero-order valence-electron chi connectivity index (χ0n) is 15.3. The lowest BCUT2D eigenvalue weighted by Crippen LogP contribution is -2.42. The van der Waals surface area contributed by atoms with Crippen molar-refractivity contribution in [2.24, 2.45) is 17.8 Å². The molecule has 0 aromatic rings. The van der Waals surface area contributed by atoms with Gasteiger partial charge in [-0.3, -0.25) is 0 Å². The minimum absolute atomic E-state index is 0.774. The fourth-order valence-corrected chi connectivity index (χ4v) is 3.24. The molecule has 0 aromatic heterocycles. The Morgan fingerprint density at radius 3 is 2.00 bits per heavy atom. The summed E-state index contributed by atoms with van der Waals surface area (Å²) < 4.78 is 0. The van der Waals surface area contributed by atoms with Gasteiger partial charge in [0.05, 0.1) is 0 Å². The lowest BCUT2D eigenvalue weighted by molar-refractivity contribution is 0.224. The smallest absolute Gasteiger partial charge is 0.0107 e. The molecule has 1 saturated carbocycles. The van der Waals surface area contributed by atoms with Gasteiger partial charge < -0.3 is 10.2 Å². The molecule has 0 bridgehead atoms. The predicted molar refractivity (Wildman–Crippen MR) is 94.8 cm³/mol. The van der Waals surface area contributed by atoms with Crippen LogP contribution in [0.5, 0.6) is 0 Å². The molecule has 1 rings (SSSR count). The SMILES string of the molecule is CC(C)CCN(CCNC1CCCCC1C)CCC(C)C. The van der Waals surface area contributed by atoms with Crippen molar-refractivity contribution in [2.75, 3.05) is 26.2 Å². The molecular formula is C19H40N2. The van der Waals surface area contributed by atoms with Gasteiger partial charge >= 0.3 is 0 Å². The highest BCUT2D eigenvalue weighted by Gasteiger charge is 2.20. The second-order valence-electron chi connectivity index (χ2n) is 8.03. The third-order valence-electron chi connectivity index (χ3n) is 4.99. The Bertz CT molecular complexity index is 238. The van der Waals surface area contributed by atoms with Crippen LogP contribution in [-0.4, -0.2) is 37.1 Å². The summed E-state index contributed by atoms with van der Waals surface area (Å²) >= 11 is 0. The van der Waals surface area contributed by atoms with Crippen molar-refractivity contribution in [3.8, 4) is 0 Å². The monoisotopic (exact) mass is 296 g/mol. The Hall–Kier alpha value is -0.0800. The van der Waals surface area contributed by atoms with Crippen molar-refractivity contribution >= 4 is 0 Å². The third kappa shape index (κ3) is 8.83. The van der Waals surface area contributed by atoms with E-state index < -0.39 is 0 Å². The van der Waals surface area contributed by atoms with Crippen molar-refractivity contribution in [3.05, 3.63) is 0 Å². The van der Waals surface area contributed by atoms with Gasteiger partial charge in [0, 0.05) is 19.1 Å². The van der Waals surface area contributed by atoms with Crippen molar-refractivity contribution in [3.63, 3.8) is 0 Å². The van der Waals surface area contributed by atoms with Crippen LogP contribution in [-0.2, 0) is 0 Å². The first-order chi connectivity index (χ1) is 9.99. The fraction of sp³-hybridized carbons (Fsp3) is 1.00. The number of hydrogen-bond acceptors (Lipinski definition) is 2. The predicted octanol–water partition coefficient (Wildman–Crippen LogP) is 4.55. The van der Waals surface area contributed by atoms with Crippen LogP contribution in [0.2, 0.25) is 0 Å². The van der Waals surface area contributed by atoms with Gasteiger partial charge in [-0.15, -0.1) is 0 Å². The summed E-state index contributed by atoms with van der Waals surface area (Å²) in [4.78, 5) is 2.68. The average molecular weight is 297 g/mol. The molecule has 0 spiro atoms. The van der Waals surface area contributed by atoms with Crippen molar-refractivity contribution in [1.82, 2.24) is 10.2 Å². The van der Waals surface area contributed by atoms with Gasteiger partial charge in [-0.05, 0) is 56.5 Å². The van der Waals surface area contributed by atoms with Gasteiger partial charge in [-0.1, -0.05) is 47.5 Å². The molecular weight excluding hydrogens is 256 g/mol. The first-order valence-electron chi connectivity index (χ1n) is 9.44. The molecule has 2 nitrogen and oxygen atoms in total. The second-order valence-corrected chi connectivity index (χ2v) is 8.03. The number of nitrogens with one attached hydrogen (secondary N) is 1. The van der Waals surface area contributed by atoms with E-state index in [9.17, 15) is 0 Å². The maximum absolute atomic E-state index is 3.84. The van der Waals surface area contributed by atoms with E-state index >= 15 is 0 Å². The van der Waals surface area contributed by atoms with Crippen LogP contribution in [0.4, 0.5) is 0 Å². The van der Waals surface area contributed by atoms with E-state index in [0.29, 0.717) is 0 Å². The maximum Gasteiger partial charge on any atom is 0.0107 e. The van der Waals surface area contributed by atoms with Gasteiger partial charge in [0.2, 0.25) is 0 Å². The number of hydrogen-bond donors (Lipinski definition) is 1. The van der Waals surface area contributed by atoms with Crippen LogP contribution in [0, 0.1) is 17.8 Å². The van der Waals surface area contributed by atoms with E-state index in [1.54, 1.807) is 0 Å². The van der Waals surface area contributed by atoms with E-state index in [1.165, 1.54) is 64.7 Å². The van der Waals surface area contributed by atoms with E-state index in [4.69, 9.17) is 0 Å². The first kappa shape index (κ1) is 19.0. The second kappa shape index (κ2) is 10.6. The Morgan fingerprint density at radius 1 is 0.905 bits per heavy atom. The Balaban J connectivity index is 2.26. The summed E-state index contributed by atoms with van der Waals surface area (Å²) in [6.07, 6.45) is 8.33. The zero-order valence-corrected chi connectivity index (χ0v) is 15.3. The van der Waals surface area contributed by atoms with E-state index in [2.05, 4.69) is 44.8 Å². The molecule has 2 atom stereocenters. The minimum atomic E-state index is 0.774. The van der Waals surface area contributed by atoms with Crippen LogP contribution in [0.1, 0.15) is 73.1 Å². The maximum atomic E-state index is 3.84. The van der Waals surface area contributed by atoms with Crippen LogP contribution < -0.4 is 5.32 Å². The quantitative estimate of drug-likeness (QED) is 0.636. The van der Waals surface area contributed by atoms with Crippen molar-refractivity contribution in [1.29, 1.82) is 0 Å². The standard InChI is InChI=1S/C19H40N2/c1-16(2)10-13-21(14-11-17(3)4)15-12-20-19-9-7-6-8-18(19)5/h16-20H,6-15H2,1-5H3. The summed E-state index contributed by atoms with van der Waals surface area (Å²) in [5.41, 5.74) is 0. The Labute approximate surface area is 134 Å². The molecule has 2 unspecified atom stereocenters. The average Bonchev–Trinajstić information content (AvgIpc) is 2.42. The molecule has 126 valence electrons. The molecule has 0 aromatic carbocycles. The largest absolute Gasteiger partial charge is 0.312 e. The highest BCUT2D eigenvalue weighted by molar-refractivity contribution is 4.78. The molecule has 21 heavy (non-hydrogen) atoms. The van der Waals surface area contributed by atoms with Crippen LogP contribution in [0.25, 0.3) is 0 Å². The molecule has 0 saturated heterocycles. The van der Waals surface area contributed by atoms with E-state index in [0.717, 1.165) is 23.8 Å².